The average molecular weight is 275 g/mol. The molecule has 0 aliphatic carbocycles. The number of benzene rings is 2. The Kier molecular flexibility index (Phi) is 4.19. The van der Waals surface area contributed by atoms with Crippen molar-refractivity contribution in [1.82, 2.24) is 5.32 Å². The average Bonchev–Trinajstić information content (AvgIpc) is 2.34. The predicted octanol–water partition coefficient (Wildman–Crippen LogP) is 4.20. The van der Waals surface area contributed by atoms with E-state index in [1.165, 1.54) is 12.1 Å². The highest BCUT2D eigenvalue weighted by atomic mass is 19.1. The number of hydrogen-bond donors (Lipinski definition) is 1. The zero-order valence-electron chi connectivity index (χ0n) is 12.2. The van der Waals surface area contributed by atoms with Crippen molar-refractivity contribution in [3.05, 3.63) is 69.8 Å². The molecule has 2 aromatic rings. The van der Waals surface area contributed by atoms with Crippen LogP contribution in [0.4, 0.5) is 8.78 Å². The van der Waals surface area contributed by atoms with Crippen LogP contribution in [0.1, 0.15) is 33.9 Å². The standard InChI is InChI=1S/C17H19F2N/c1-10-5-6-13(14(18)8-10)17(20-4)16-12(3)7-11(2)9-15(16)19/h5-9,17,20H,1-4H3. The Balaban J connectivity index is 2.58. The topological polar surface area (TPSA) is 12.0 Å². The molecule has 2 rings (SSSR count). The van der Waals surface area contributed by atoms with Gasteiger partial charge in [-0.05, 0) is 56.6 Å². The molecule has 0 aliphatic heterocycles. The third-order valence-electron chi connectivity index (χ3n) is 3.53. The van der Waals surface area contributed by atoms with Gasteiger partial charge in [-0.1, -0.05) is 18.2 Å². The molecule has 0 aliphatic rings. The summed E-state index contributed by atoms with van der Waals surface area (Å²) in [6.45, 7) is 5.53. The monoisotopic (exact) mass is 275 g/mol. The summed E-state index contributed by atoms with van der Waals surface area (Å²) in [5.74, 6) is -0.620. The summed E-state index contributed by atoms with van der Waals surface area (Å²) in [4.78, 5) is 0. The molecule has 1 N–H and O–H groups in total. The van der Waals surface area contributed by atoms with Crippen molar-refractivity contribution in [3.8, 4) is 0 Å². The number of aryl methyl sites for hydroxylation is 3. The summed E-state index contributed by atoms with van der Waals surface area (Å²) in [5.41, 5.74) is 3.50. The summed E-state index contributed by atoms with van der Waals surface area (Å²) < 4.78 is 28.4. The number of rotatable bonds is 3. The maximum absolute atomic E-state index is 14.3. The largest absolute Gasteiger partial charge is 0.309 e. The molecule has 2 aromatic carbocycles. The van der Waals surface area contributed by atoms with Crippen LogP contribution in [-0.4, -0.2) is 7.05 Å². The summed E-state index contributed by atoms with van der Waals surface area (Å²) in [5, 5.41) is 3.02. The minimum atomic E-state index is -0.490. The lowest BCUT2D eigenvalue weighted by Crippen LogP contribution is -2.21. The van der Waals surface area contributed by atoms with Crippen LogP contribution >= 0.6 is 0 Å². The van der Waals surface area contributed by atoms with Crippen LogP contribution in [0.5, 0.6) is 0 Å². The fraction of sp³-hybridized carbons (Fsp3) is 0.294. The molecule has 1 unspecified atom stereocenters. The Bertz CT molecular complexity index is 612. The molecule has 20 heavy (non-hydrogen) atoms. The van der Waals surface area contributed by atoms with Gasteiger partial charge in [0.2, 0.25) is 0 Å². The zero-order chi connectivity index (χ0) is 14.9. The Morgan fingerprint density at radius 3 is 2.10 bits per heavy atom. The number of nitrogens with one attached hydrogen (secondary N) is 1. The second-order valence-electron chi connectivity index (χ2n) is 5.22. The normalized spacial score (nSPS) is 12.5. The van der Waals surface area contributed by atoms with E-state index >= 15 is 0 Å². The van der Waals surface area contributed by atoms with Crippen LogP contribution in [-0.2, 0) is 0 Å². The lowest BCUT2D eigenvalue weighted by Gasteiger charge is -2.21. The van der Waals surface area contributed by atoms with Gasteiger partial charge in [0.05, 0.1) is 6.04 Å². The second-order valence-corrected chi connectivity index (χ2v) is 5.22. The van der Waals surface area contributed by atoms with Crippen molar-refractivity contribution >= 4 is 0 Å². The summed E-state index contributed by atoms with van der Waals surface area (Å²) in [6.07, 6.45) is 0. The van der Waals surface area contributed by atoms with Gasteiger partial charge in [-0.25, -0.2) is 8.78 Å². The molecule has 1 nitrogen and oxygen atoms in total. The molecular weight excluding hydrogens is 256 g/mol. The molecule has 0 saturated carbocycles. The van der Waals surface area contributed by atoms with Gasteiger partial charge in [-0.3, -0.25) is 0 Å². The molecule has 0 spiro atoms. The van der Waals surface area contributed by atoms with Crippen LogP contribution < -0.4 is 5.32 Å². The van der Waals surface area contributed by atoms with Gasteiger partial charge in [0.25, 0.3) is 0 Å². The third-order valence-corrected chi connectivity index (χ3v) is 3.53. The van der Waals surface area contributed by atoms with E-state index in [9.17, 15) is 8.78 Å². The summed E-state index contributed by atoms with van der Waals surface area (Å²) >= 11 is 0. The van der Waals surface area contributed by atoms with Gasteiger partial charge in [-0.15, -0.1) is 0 Å². The quantitative estimate of drug-likeness (QED) is 0.885. The SMILES string of the molecule is CNC(c1ccc(C)cc1F)c1c(C)cc(C)cc1F. The van der Waals surface area contributed by atoms with Crippen molar-refractivity contribution in [2.45, 2.75) is 26.8 Å². The third kappa shape index (κ3) is 2.73. The highest BCUT2D eigenvalue weighted by Crippen LogP contribution is 2.30. The van der Waals surface area contributed by atoms with Gasteiger partial charge in [0.15, 0.2) is 0 Å². The van der Waals surface area contributed by atoms with Crippen molar-refractivity contribution in [3.63, 3.8) is 0 Å². The van der Waals surface area contributed by atoms with E-state index < -0.39 is 6.04 Å². The van der Waals surface area contributed by atoms with E-state index in [0.717, 1.165) is 16.7 Å². The fourth-order valence-corrected chi connectivity index (χ4v) is 2.61. The Labute approximate surface area is 118 Å². The molecule has 0 radical (unpaired) electrons. The van der Waals surface area contributed by atoms with E-state index in [0.29, 0.717) is 11.1 Å². The molecule has 1 atom stereocenters. The van der Waals surface area contributed by atoms with Gasteiger partial charge < -0.3 is 5.32 Å². The van der Waals surface area contributed by atoms with Crippen molar-refractivity contribution in [2.75, 3.05) is 7.05 Å². The molecule has 0 bridgehead atoms. The first-order chi connectivity index (χ1) is 9.43. The van der Waals surface area contributed by atoms with Gasteiger partial charge in [0.1, 0.15) is 11.6 Å². The molecule has 0 saturated heterocycles. The molecule has 0 amide bonds. The molecule has 0 heterocycles. The highest BCUT2D eigenvalue weighted by molar-refractivity contribution is 5.41. The predicted molar refractivity (Wildman–Crippen MR) is 77.9 cm³/mol. The summed E-state index contributed by atoms with van der Waals surface area (Å²) in [6, 6.07) is 7.93. The lowest BCUT2D eigenvalue weighted by atomic mass is 9.92. The van der Waals surface area contributed by atoms with E-state index in [4.69, 9.17) is 0 Å². The van der Waals surface area contributed by atoms with Crippen LogP contribution in [0.15, 0.2) is 30.3 Å². The minimum absolute atomic E-state index is 0.304. The first-order valence-corrected chi connectivity index (χ1v) is 6.64. The maximum atomic E-state index is 14.3. The molecule has 0 aromatic heterocycles. The van der Waals surface area contributed by atoms with Crippen molar-refractivity contribution in [2.24, 2.45) is 0 Å². The van der Waals surface area contributed by atoms with E-state index in [-0.39, 0.29) is 11.6 Å². The van der Waals surface area contributed by atoms with Crippen molar-refractivity contribution < 1.29 is 8.78 Å². The zero-order valence-corrected chi connectivity index (χ0v) is 12.2. The molecule has 3 heteroatoms. The Morgan fingerprint density at radius 1 is 0.900 bits per heavy atom. The van der Waals surface area contributed by atoms with Crippen LogP contribution in [0, 0.1) is 32.4 Å². The van der Waals surface area contributed by atoms with E-state index in [1.54, 1.807) is 13.1 Å². The van der Waals surface area contributed by atoms with Gasteiger partial charge in [0, 0.05) is 11.1 Å². The Morgan fingerprint density at radius 2 is 1.55 bits per heavy atom. The number of hydrogen-bond acceptors (Lipinski definition) is 1. The lowest BCUT2D eigenvalue weighted by molar-refractivity contribution is 0.543. The van der Waals surface area contributed by atoms with Crippen LogP contribution in [0.25, 0.3) is 0 Å². The van der Waals surface area contributed by atoms with Gasteiger partial charge >= 0.3 is 0 Å². The smallest absolute Gasteiger partial charge is 0.128 e. The Hall–Kier alpha value is -1.74. The van der Waals surface area contributed by atoms with Crippen molar-refractivity contribution in [1.29, 1.82) is 0 Å². The maximum Gasteiger partial charge on any atom is 0.128 e. The summed E-state index contributed by atoms with van der Waals surface area (Å²) in [7, 11) is 1.71. The minimum Gasteiger partial charge on any atom is -0.309 e. The fourth-order valence-electron chi connectivity index (χ4n) is 2.61. The van der Waals surface area contributed by atoms with Crippen LogP contribution in [0.3, 0.4) is 0 Å². The van der Waals surface area contributed by atoms with Crippen LogP contribution in [0.2, 0.25) is 0 Å². The molecular formula is C17H19F2N. The first kappa shape index (κ1) is 14.7. The number of halogens is 2. The van der Waals surface area contributed by atoms with Gasteiger partial charge in [-0.2, -0.15) is 0 Å². The highest BCUT2D eigenvalue weighted by Gasteiger charge is 2.21. The molecule has 106 valence electrons. The van der Waals surface area contributed by atoms with E-state index in [2.05, 4.69) is 5.32 Å². The molecule has 0 fully saturated rings. The second kappa shape index (κ2) is 5.71. The first-order valence-electron chi connectivity index (χ1n) is 6.64. The van der Waals surface area contributed by atoms with E-state index in [1.807, 2.05) is 32.9 Å².